The fourth-order valence-corrected chi connectivity index (χ4v) is 5.01. The predicted molar refractivity (Wildman–Crippen MR) is 141 cm³/mol. The molecule has 1 N–H and O–H groups in total. The zero-order chi connectivity index (χ0) is 27.9. The molecule has 0 spiro atoms. The number of hydrogen-bond donors (Lipinski definition) is 1. The molecule has 0 bridgehead atoms. The molecule has 0 aromatic heterocycles. The molecule has 200 valence electrons. The first-order valence-corrected chi connectivity index (χ1v) is 13.0. The second-order valence-electron chi connectivity index (χ2n) is 8.06. The second-order valence-corrected chi connectivity index (χ2v) is 9.92. The summed E-state index contributed by atoms with van der Waals surface area (Å²) >= 11 is 0. The van der Waals surface area contributed by atoms with E-state index in [0.717, 1.165) is 9.87 Å². The number of sulfonamides is 1. The van der Waals surface area contributed by atoms with Crippen LogP contribution in [0.1, 0.15) is 33.2 Å². The second kappa shape index (κ2) is 12.2. The number of esters is 2. The molecule has 3 aromatic rings. The first kappa shape index (κ1) is 28.2. The lowest BCUT2D eigenvalue weighted by molar-refractivity contribution is -0.114. The first-order chi connectivity index (χ1) is 18.1. The summed E-state index contributed by atoms with van der Waals surface area (Å²) in [7, 11) is -1.85. The van der Waals surface area contributed by atoms with Gasteiger partial charge in [-0.25, -0.2) is 18.0 Å². The average Bonchev–Trinajstić information content (AvgIpc) is 2.91. The van der Waals surface area contributed by atoms with Crippen LogP contribution >= 0.6 is 0 Å². The summed E-state index contributed by atoms with van der Waals surface area (Å²) in [6.07, 6.45) is 0. The van der Waals surface area contributed by atoms with Gasteiger partial charge in [-0.1, -0.05) is 29.8 Å². The van der Waals surface area contributed by atoms with Gasteiger partial charge in [-0.3, -0.25) is 9.10 Å². The van der Waals surface area contributed by atoms with Crippen LogP contribution in [0.4, 0.5) is 11.4 Å². The molecule has 38 heavy (non-hydrogen) atoms. The Hall–Kier alpha value is -4.38. The van der Waals surface area contributed by atoms with E-state index in [0.29, 0.717) is 0 Å². The monoisotopic (exact) mass is 540 g/mol. The van der Waals surface area contributed by atoms with Gasteiger partial charge in [-0.2, -0.15) is 0 Å². The van der Waals surface area contributed by atoms with E-state index < -0.39 is 34.4 Å². The molecule has 0 heterocycles. The van der Waals surface area contributed by atoms with Crippen molar-refractivity contribution in [2.45, 2.75) is 18.7 Å². The highest BCUT2D eigenvalue weighted by Crippen LogP contribution is 2.32. The van der Waals surface area contributed by atoms with Crippen molar-refractivity contribution in [1.82, 2.24) is 0 Å². The molecule has 3 rings (SSSR count). The van der Waals surface area contributed by atoms with Crippen LogP contribution in [0.3, 0.4) is 0 Å². The van der Waals surface area contributed by atoms with E-state index in [4.69, 9.17) is 14.2 Å². The largest absolute Gasteiger partial charge is 0.492 e. The third-order valence-electron chi connectivity index (χ3n) is 5.39. The minimum absolute atomic E-state index is 0.00322. The van der Waals surface area contributed by atoms with E-state index in [1.54, 1.807) is 37.3 Å². The van der Waals surface area contributed by atoms with Gasteiger partial charge in [0.15, 0.2) is 0 Å². The van der Waals surface area contributed by atoms with Crippen LogP contribution in [0.2, 0.25) is 0 Å². The summed E-state index contributed by atoms with van der Waals surface area (Å²) in [6, 6.07) is 16.6. The third kappa shape index (κ3) is 6.48. The van der Waals surface area contributed by atoms with Crippen molar-refractivity contribution in [3.63, 3.8) is 0 Å². The summed E-state index contributed by atoms with van der Waals surface area (Å²) in [5.41, 5.74) is 1.11. The lowest BCUT2D eigenvalue weighted by Gasteiger charge is -2.26. The molecular formula is C27H28N2O8S. The number of para-hydroxylation sites is 2. The molecule has 3 aromatic carbocycles. The number of carbonyl (C=O) groups excluding carboxylic acids is 3. The zero-order valence-corrected chi connectivity index (χ0v) is 22.2. The summed E-state index contributed by atoms with van der Waals surface area (Å²) in [5, 5.41) is 2.56. The maximum absolute atomic E-state index is 13.7. The SMILES string of the molecule is CCOc1ccccc1N(CC(=O)Nc1cc(C(=O)OC)cc(C(=O)OC)c1)S(=O)(=O)c1ccc(C)cc1. The molecule has 0 aliphatic carbocycles. The van der Waals surface area contributed by atoms with E-state index in [9.17, 15) is 22.8 Å². The topological polar surface area (TPSA) is 128 Å². The highest BCUT2D eigenvalue weighted by molar-refractivity contribution is 7.92. The fraction of sp³-hybridized carbons (Fsp3) is 0.222. The van der Waals surface area contributed by atoms with Gasteiger partial charge >= 0.3 is 11.9 Å². The van der Waals surface area contributed by atoms with Gasteiger partial charge in [-0.05, 0) is 56.3 Å². The van der Waals surface area contributed by atoms with Crippen LogP contribution in [0.5, 0.6) is 5.75 Å². The number of methoxy groups -OCH3 is 2. The molecule has 0 atom stereocenters. The Kier molecular flexibility index (Phi) is 9.08. The number of aryl methyl sites for hydroxylation is 1. The van der Waals surface area contributed by atoms with E-state index in [1.165, 1.54) is 50.6 Å². The summed E-state index contributed by atoms with van der Waals surface area (Å²) < 4.78 is 43.5. The Bertz CT molecular complexity index is 1400. The van der Waals surface area contributed by atoms with Crippen molar-refractivity contribution in [2.24, 2.45) is 0 Å². The standard InChI is InChI=1S/C27H28N2O8S/c1-5-37-24-9-7-6-8-23(24)29(38(33,34)22-12-10-18(2)11-13-22)17-25(30)28-21-15-19(26(31)35-3)14-20(16-21)27(32)36-4/h6-16H,5,17H2,1-4H3,(H,28,30). The Morgan fingerprint density at radius 2 is 1.45 bits per heavy atom. The maximum atomic E-state index is 13.7. The van der Waals surface area contributed by atoms with Crippen LogP contribution in [0.25, 0.3) is 0 Å². The number of rotatable bonds is 10. The van der Waals surface area contributed by atoms with Gasteiger partial charge in [0.1, 0.15) is 12.3 Å². The molecule has 0 unspecified atom stereocenters. The van der Waals surface area contributed by atoms with Gasteiger partial charge in [-0.15, -0.1) is 0 Å². The van der Waals surface area contributed by atoms with Crippen molar-refractivity contribution >= 4 is 39.2 Å². The van der Waals surface area contributed by atoms with Crippen LogP contribution in [0, 0.1) is 6.92 Å². The number of anilines is 2. The Morgan fingerprint density at radius 3 is 2.00 bits per heavy atom. The lowest BCUT2D eigenvalue weighted by Crippen LogP contribution is -2.38. The van der Waals surface area contributed by atoms with Crippen molar-refractivity contribution in [3.8, 4) is 5.75 Å². The number of amides is 1. The van der Waals surface area contributed by atoms with Crippen molar-refractivity contribution in [2.75, 3.05) is 37.0 Å². The minimum atomic E-state index is -4.21. The quantitative estimate of drug-likeness (QED) is 0.385. The molecule has 11 heteroatoms. The average molecular weight is 541 g/mol. The smallest absolute Gasteiger partial charge is 0.337 e. The Balaban J connectivity index is 2.02. The minimum Gasteiger partial charge on any atom is -0.492 e. The predicted octanol–water partition coefficient (Wildman–Crippen LogP) is 3.80. The molecule has 0 aliphatic rings. The van der Waals surface area contributed by atoms with Gasteiger partial charge in [0.2, 0.25) is 5.91 Å². The summed E-state index contributed by atoms with van der Waals surface area (Å²) in [4.78, 5) is 37.4. The Morgan fingerprint density at radius 1 is 0.868 bits per heavy atom. The highest BCUT2D eigenvalue weighted by atomic mass is 32.2. The van der Waals surface area contributed by atoms with Gasteiger partial charge in [0.25, 0.3) is 10.0 Å². The number of carbonyl (C=O) groups is 3. The molecule has 0 fully saturated rings. The molecule has 1 amide bonds. The lowest BCUT2D eigenvalue weighted by atomic mass is 10.1. The molecule has 10 nitrogen and oxygen atoms in total. The van der Waals surface area contributed by atoms with E-state index in [2.05, 4.69) is 5.32 Å². The van der Waals surface area contributed by atoms with Gasteiger partial charge in [0.05, 0.1) is 42.5 Å². The molecule has 0 saturated carbocycles. The normalized spacial score (nSPS) is 10.8. The number of benzene rings is 3. The van der Waals surface area contributed by atoms with Crippen LogP contribution in [-0.2, 0) is 24.3 Å². The van der Waals surface area contributed by atoms with Gasteiger partial charge < -0.3 is 19.5 Å². The third-order valence-corrected chi connectivity index (χ3v) is 7.16. The van der Waals surface area contributed by atoms with E-state index in [-0.39, 0.29) is 39.8 Å². The molecule has 0 radical (unpaired) electrons. The molecular weight excluding hydrogens is 512 g/mol. The van der Waals surface area contributed by atoms with E-state index >= 15 is 0 Å². The number of ether oxygens (including phenoxy) is 3. The molecule has 0 aliphatic heterocycles. The van der Waals surface area contributed by atoms with Crippen LogP contribution < -0.4 is 14.4 Å². The summed E-state index contributed by atoms with van der Waals surface area (Å²) in [6.45, 7) is 3.24. The zero-order valence-electron chi connectivity index (χ0n) is 21.4. The number of nitrogens with zero attached hydrogens (tertiary/aromatic N) is 1. The first-order valence-electron chi connectivity index (χ1n) is 11.5. The fourth-order valence-electron chi connectivity index (χ4n) is 3.58. The van der Waals surface area contributed by atoms with Crippen molar-refractivity contribution < 1.29 is 37.0 Å². The van der Waals surface area contributed by atoms with Crippen molar-refractivity contribution in [1.29, 1.82) is 0 Å². The molecule has 0 saturated heterocycles. The van der Waals surface area contributed by atoms with Crippen LogP contribution in [0.15, 0.2) is 71.6 Å². The van der Waals surface area contributed by atoms with Crippen molar-refractivity contribution in [3.05, 3.63) is 83.4 Å². The maximum Gasteiger partial charge on any atom is 0.337 e. The number of hydrogen-bond acceptors (Lipinski definition) is 8. The highest BCUT2D eigenvalue weighted by Gasteiger charge is 2.29. The summed E-state index contributed by atoms with van der Waals surface area (Å²) in [5.74, 6) is -1.93. The number of nitrogens with one attached hydrogen (secondary N) is 1. The Labute approximate surface area is 221 Å². The van der Waals surface area contributed by atoms with E-state index in [1.807, 2.05) is 6.92 Å². The van der Waals surface area contributed by atoms with Crippen LogP contribution in [-0.4, -0.2) is 53.6 Å². The van der Waals surface area contributed by atoms with Gasteiger partial charge in [0, 0.05) is 5.69 Å².